The normalized spacial score (nSPS) is 10.5. The molecule has 0 aromatic carbocycles. The highest BCUT2D eigenvalue weighted by Gasteiger charge is 2.03. The molecule has 0 atom stereocenters. The summed E-state index contributed by atoms with van der Waals surface area (Å²) in [5.74, 6) is 0. The molecule has 0 bridgehead atoms. The molecule has 0 spiro atoms. The van der Waals surface area contributed by atoms with Crippen LogP contribution in [0.5, 0.6) is 0 Å². The average Bonchev–Trinajstić information content (AvgIpc) is 2.49. The summed E-state index contributed by atoms with van der Waals surface area (Å²) in [6.07, 6.45) is 4.35. The lowest BCUT2D eigenvalue weighted by Crippen LogP contribution is -1.78. The third-order valence-corrected chi connectivity index (χ3v) is 2.23. The number of aromatic amines is 1. The van der Waals surface area contributed by atoms with Crippen LogP contribution < -0.4 is 0 Å². The van der Waals surface area contributed by atoms with E-state index in [-0.39, 0.29) is 0 Å². The Labute approximate surface area is 81.3 Å². The Balaban J connectivity index is 2.61. The summed E-state index contributed by atoms with van der Waals surface area (Å²) in [5, 5.41) is 1.71. The monoisotopic (exact) mass is 192 g/mol. The lowest BCUT2D eigenvalue weighted by Gasteiger charge is -1.89. The first-order valence-electron chi connectivity index (χ1n) is 4.04. The van der Waals surface area contributed by atoms with Gasteiger partial charge in [-0.15, -0.1) is 6.58 Å². The number of pyridine rings is 1. The van der Waals surface area contributed by atoms with Gasteiger partial charge in [0.2, 0.25) is 0 Å². The fourth-order valence-corrected chi connectivity index (χ4v) is 1.51. The molecule has 0 aliphatic heterocycles. The quantitative estimate of drug-likeness (QED) is 0.729. The van der Waals surface area contributed by atoms with E-state index in [4.69, 9.17) is 11.6 Å². The van der Waals surface area contributed by atoms with Gasteiger partial charge in [0.1, 0.15) is 5.65 Å². The fourth-order valence-electron chi connectivity index (χ4n) is 1.31. The molecule has 13 heavy (non-hydrogen) atoms. The molecule has 3 heteroatoms. The summed E-state index contributed by atoms with van der Waals surface area (Å²) < 4.78 is 0. The molecule has 2 nitrogen and oxygen atoms in total. The van der Waals surface area contributed by atoms with Crippen molar-refractivity contribution in [3.63, 3.8) is 0 Å². The molecule has 0 fully saturated rings. The van der Waals surface area contributed by atoms with E-state index >= 15 is 0 Å². The molecular formula is C10H9ClN2. The van der Waals surface area contributed by atoms with Gasteiger partial charge in [-0.3, -0.25) is 0 Å². The van der Waals surface area contributed by atoms with Crippen LogP contribution in [0.25, 0.3) is 11.0 Å². The summed E-state index contributed by atoms with van der Waals surface area (Å²) >= 11 is 5.98. The summed E-state index contributed by atoms with van der Waals surface area (Å²) in [5.41, 5.74) is 1.93. The third-order valence-electron chi connectivity index (χ3n) is 1.90. The molecule has 2 aromatic rings. The van der Waals surface area contributed by atoms with Crippen LogP contribution in [0.1, 0.15) is 5.69 Å². The number of aromatic nitrogens is 2. The highest BCUT2D eigenvalue weighted by Crippen LogP contribution is 2.22. The zero-order chi connectivity index (χ0) is 9.26. The zero-order valence-corrected chi connectivity index (χ0v) is 7.80. The predicted octanol–water partition coefficient (Wildman–Crippen LogP) is 2.94. The standard InChI is InChI=1S/C10H9ClN2/c1-2-3-7-6-8-9(11)4-5-12-10(8)13-7/h2,4-6H,1,3H2,(H,12,13). The van der Waals surface area contributed by atoms with E-state index in [1.165, 1.54) is 0 Å². The van der Waals surface area contributed by atoms with Gasteiger partial charge in [0.25, 0.3) is 0 Å². The number of nitrogens with one attached hydrogen (secondary N) is 1. The molecule has 0 amide bonds. The summed E-state index contributed by atoms with van der Waals surface area (Å²) in [6, 6.07) is 3.79. The minimum absolute atomic E-state index is 0.733. The highest BCUT2D eigenvalue weighted by molar-refractivity contribution is 6.35. The Hall–Kier alpha value is -1.28. The predicted molar refractivity (Wildman–Crippen MR) is 55.0 cm³/mol. The van der Waals surface area contributed by atoms with Gasteiger partial charge in [0, 0.05) is 23.7 Å². The second-order valence-electron chi connectivity index (χ2n) is 2.84. The van der Waals surface area contributed by atoms with Gasteiger partial charge in [-0.25, -0.2) is 4.98 Å². The van der Waals surface area contributed by atoms with Crippen LogP contribution in [-0.4, -0.2) is 9.97 Å². The summed E-state index contributed by atoms with van der Waals surface area (Å²) in [6.45, 7) is 3.68. The van der Waals surface area contributed by atoms with Gasteiger partial charge in [-0.05, 0) is 12.1 Å². The van der Waals surface area contributed by atoms with Crippen molar-refractivity contribution in [1.29, 1.82) is 0 Å². The van der Waals surface area contributed by atoms with Gasteiger partial charge in [0.05, 0.1) is 5.02 Å². The molecule has 0 saturated heterocycles. The Bertz CT molecular complexity index is 445. The molecule has 1 N–H and O–H groups in total. The average molecular weight is 193 g/mol. The molecule has 2 aromatic heterocycles. The maximum absolute atomic E-state index is 5.98. The van der Waals surface area contributed by atoms with Crippen molar-refractivity contribution >= 4 is 22.6 Å². The second kappa shape index (κ2) is 3.23. The van der Waals surface area contributed by atoms with E-state index in [0.29, 0.717) is 0 Å². The van der Waals surface area contributed by atoms with E-state index in [2.05, 4.69) is 16.5 Å². The van der Waals surface area contributed by atoms with Crippen LogP contribution in [0.3, 0.4) is 0 Å². The third kappa shape index (κ3) is 1.45. The lowest BCUT2D eigenvalue weighted by molar-refractivity contribution is 1.16. The minimum atomic E-state index is 0.733. The van der Waals surface area contributed by atoms with Crippen molar-refractivity contribution in [3.8, 4) is 0 Å². The van der Waals surface area contributed by atoms with Crippen molar-refractivity contribution in [3.05, 3.63) is 41.7 Å². The minimum Gasteiger partial charge on any atom is -0.343 e. The van der Waals surface area contributed by atoms with Crippen LogP contribution in [0, 0.1) is 0 Å². The first-order chi connectivity index (χ1) is 6.31. The Morgan fingerprint density at radius 1 is 1.62 bits per heavy atom. The second-order valence-corrected chi connectivity index (χ2v) is 3.25. The molecule has 0 radical (unpaired) electrons. The van der Waals surface area contributed by atoms with E-state index < -0.39 is 0 Å². The van der Waals surface area contributed by atoms with Gasteiger partial charge < -0.3 is 4.98 Å². The lowest BCUT2D eigenvalue weighted by atomic mass is 10.3. The fraction of sp³-hybridized carbons (Fsp3) is 0.100. The summed E-state index contributed by atoms with van der Waals surface area (Å²) in [7, 11) is 0. The maximum atomic E-state index is 5.98. The van der Waals surface area contributed by atoms with Crippen LogP contribution in [0.2, 0.25) is 5.02 Å². The van der Waals surface area contributed by atoms with Crippen molar-refractivity contribution in [1.82, 2.24) is 9.97 Å². The van der Waals surface area contributed by atoms with Crippen LogP contribution in [-0.2, 0) is 6.42 Å². The number of halogens is 1. The number of hydrogen-bond donors (Lipinski definition) is 1. The van der Waals surface area contributed by atoms with Crippen LogP contribution in [0.4, 0.5) is 0 Å². The van der Waals surface area contributed by atoms with Crippen molar-refractivity contribution < 1.29 is 0 Å². The van der Waals surface area contributed by atoms with Crippen molar-refractivity contribution in [2.75, 3.05) is 0 Å². The topological polar surface area (TPSA) is 28.7 Å². The first kappa shape index (κ1) is 8.32. The summed E-state index contributed by atoms with van der Waals surface area (Å²) in [4.78, 5) is 7.34. The van der Waals surface area contributed by atoms with Crippen LogP contribution in [0.15, 0.2) is 31.0 Å². The number of nitrogens with zero attached hydrogens (tertiary/aromatic N) is 1. The number of hydrogen-bond acceptors (Lipinski definition) is 1. The molecule has 0 unspecified atom stereocenters. The SMILES string of the molecule is C=CCc1cc2c(Cl)ccnc2[nH]1. The largest absolute Gasteiger partial charge is 0.343 e. The van der Waals surface area contributed by atoms with E-state index in [0.717, 1.165) is 28.2 Å². The van der Waals surface area contributed by atoms with Crippen molar-refractivity contribution in [2.45, 2.75) is 6.42 Å². The van der Waals surface area contributed by atoms with Gasteiger partial charge in [0.15, 0.2) is 0 Å². The highest BCUT2D eigenvalue weighted by atomic mass is 35.5. The number of H-pyrrole nitrogens is 1. The Morgan fingerprint density at radius 3 is 3.15 bits per heavy atom. The molecule has 2 heterocycles. The number of fused-ring (bicyclic) bond motifs is 1. The molecule has 66 valence electrons. The van der Waals surface area contributed by atoms with Gasteiger partial charge in [-0.1, -0.05) is 17.7 Å². The molecular weight excluding hydrogens is 184 g/mol. The molecule has 0 aliphatic carbocycles. The van der Waals surface area contributed by atoms with E-state index in [9.17, 15) is 0 Å². The Kier molecular flexibility index (Phi) is 2.07. The smallest absolute Gasteiger partial charge is 0.138 e. The molecule has 0 saturated carbocycles. The molecule has 2 rings (SSSR count). The van der Waals surface area contributed by atoms with Gasteiger partial charge >= 0.3 is 0 Å². The van der Waals surface area contributed by atoms with Crippen molar-refractivity contribution in [2.24, 2.45) is 0 Å². The van der Waals surface area contributed by atoms with Gasteiger partial charge in [-0.2, -0.15) is 0 Å². The van der Waals surface area contributed by atoms with E-state index in [1.807, 2.05) is 12.1 Å². The number of rotatable bonds is 2. The molecule has 0 aliphatic rings. The maximum Gasteiger partial charge on any atom is 0.138 e. The number of allylic oxidation sites excluding steroid dienone is 1. The first-order valence-corrected chi connectivity index (χ1v) is 4.42. The van der Waals surface area contributed by atoms with Crippen LogP contribution >= 0.6 is 11.6 Å². The zero-order valence-electron chi connectivity index (χ0n) is 7.05. The Morgan fingerprint density at radius 2 is 2.46 bits per heavy atom. The van der Waals surface area contributed by atoms with E-state index in [1.54, 1.807) is 12.3 Å².